The zero-order valence-electron chi connectivity index (χ0n) is 33.5. The van der Waals surface area contributed by atoms with Crippen LogP contribution < -0.4 is 0 Å². The van der Waals surface area contributed by atoms with Crippen molar-refractivity contribution in [1.29, 1.82) is 0 Å². The molecule has 54 heavy (non-hydrogen) atoms. The predicted molar refractivity (Wildman–Crippen MR) is 219 cm³/mol. The van der Waals surface area contributed by atoms with E-state index in [0.29, 0.717) is 50.5 Å². The van der Waals surface area contributed by atoms with Crippen LogP contribution in [0.2, 0.25) is 0 Å². The van der Waals surface area contributed by atoms with Crippen molar-refractivity contribution >= 4 is 54.6 Å². The number of hydrogen-bond acceptors (Lipinski definition) is 5. The highest BCUT2D eigenvalue weighted by Gasteiger charge is 2.18. The van der Waals surface area contributed by atoms with Gasteiger partial charge in [-0.05, 0) is 82.2 Å². The first-order chi connectivity index (χ1) is 28.8. The minimum atomic E-state index is -0.445. The van der Waals surface area contributed by atoms with Gasteiger partial charge in [0.15, 0.2) is 17.5 Å². The Morgan fingerprint density at radius 3 is 1.83 bits per heavy atom. The molecule has 0 amide bonds. The molecule has 0 spiro atoms. The first-order valence-electron chi connectivity index (χ1n) is 20.1. The van der Waals surface area contributed by atoms with Crippen LogP contribution in [0, 0.1) is 0 Å². The van der Waals surface area contributed by atoms with Gasteiger partial charge in [-0.15, -0.1) is 0 Å². The van der Waals surface area contributed by atoms with Crippen molar-refractivity contribution < 1.29 is 15.7 Å². The first kappa shape index (κ1) is 25.6. The summed E-state index contributed by atoms with van der Waals surface area (Å²) in [5.74, 6) is 1.39. The Balaban J connectivity index is 1.13. The Kier molecular flexibility index (Phi) is 5.73. The third kappa shape index (κ3) is 4.98. The van der Waals surface area contributed by atoms with Gasteiger partial charge in [-0.1, -0.05) is 121 Å². The van der Waals surface area contributed by atoms with Gasteiger partial charge in [0, 0.05) is 43.6 Å². The second kappa shape index (κ2) is 12.1. The van der Waals surface area contributed by atoms with E-state index in [9.17, 15) is 0 Å². The quantitative estimate of drug-likeness (QED) is 0.179. The van der Waals surface area contributed by atoms with Gasteiger partial charge in [0.05, 0.1) is 6.85 Å². The molecule has 0 radical (unpaired) electrons. The van der Waals surface area contributed by atoms with Gasteiger partial charge in [-0.2, -0.15) is 0 Å². The van der Waals surface area contributed by atoms with E-state index in [1.807, 2.05) is 78.9 Å². The highest BCUT2D eigenvalue weighted by atomic mass is 16.3. The van der Waals surface area contributed by atoms with E-state index in [0.717, 1.165) is 55.0 Å². The SMILES string of the molecule is [2H]c1c([2H])c([2H])c(-c2cccc3oc4ccc(-c5nc(-c6cccc(-c7ccccc7)c6)nc(-c6ccc7oc8c9ccccc9ccc8c7c6)n5)cc4c23)c([2H])c1[2H]. The number of fused-ring (bicyclic) bond motifs is 8. The molecule has 0 unspecified atom stereocenters. The Bertz CT molecular complexity index is 3500. The summed E-state index contributed by atoms with van der Waals surface area (Å²) in [7, 11) is 0. The summed E-state index contributed by atoms with van der Waals surface area (Å²) in [6.07, 6.45) is 0. The van der Waals surface area contributed by atoms with Gasteiger partial charge in [0.2, 0.25) is 0 Å². The molecule has 0 saturated carbocycles. The van der Waals surface area contributed by atoms with Crippen LogP contribution >= 0.6 is 0 Å². The molecule has 8 aromatic carbocycles. The second-order valence-electron chi connectivity index (χ2n) is 13.2. The maximum absolute atomic E-state index is 8.75. The number of benzene rings is 8. The molecule has 0 atom stereocenters. The molecule has 11 aromatic rings. The molecule has 0 bridgehead atoms. The standard InChI is InChI=1S/C49H29N3O2/c1-3-11-30(12-4-1)33-16-9-17-34(27-33)47-50-48(35-22-25-42-40(28-35)39-24-21-32-15-7-8-18-38(32)46(39)54-42)52-49(51-47)36-23-26-43-41(29-36)45-37(19-10-20-44(45)53-43)31-13-5-2-6-14-31/h1-29H/i2D,5D,6D,13D,14D. The summed E-state index contributed by atoms with van der Waals surface area (Å²) in [6.45, 7) is 0. The van der Waals surface area contributed by atoms with E-state index >= 15 is 0 Å². The van der Waals surface area contributed by atoms with Gasteiger partial charge < -0.3 is 8.83 Å². The Hall–Kier alpha value is -7.37. The molecule has 0 saturated heterocycles. The highest BCUT2D eigenvalue weighted by molar-refractivity contribution is 6.16. The largest absolute Gasteiger partial charge is 0.456 e. The summed E-state index contributed by atoms with van der Waals surface area (Å²) in [6, 6.07) is 45.9. The predicted octanol–water partition coefficient (Wildman–Crippen LogP) is 13.2. The fraction of sp³-hybridized carbons (Fsp3) is 0. The van der Waals surface area contributed by atoms with E-state index < -0.39 is 18.1 Å². The molecule has 0 aliphatic rings. The molecule has 3 heterocycles. The fourth-order valence-corrected chi connectivity index (χ4v) is 7.43. The number of hydrogen-bond donors (Lipinski definition) is 0. The van der Waals surface area contributed by atoms with Crippen molar-refractivity contribution in [3.63, 3.8) is 0 Å². The van der Waals surface area contributed by atoms with Crippen molar-refractivity contribution in [3.05, 3.63) is 176 Å². The van der Waals surface area contributed by atoms with Crippen LogP contribution in [0.4, 0.5) is 0 Å². The third-order valence-electron chi connectivity index (χ3n) is 10.0. The topological polar surface area (TPSA) is 65.0 Å². The van der Waals surface area contributed by atoms with E-state index in [4.69, 9.17) is 30.6 Å². The van der Waals surface area contributed by atoms with Crippen LogP contribution in [0.25, 0.3) is 111 Å². The molecule has 3 aromatic heterocycles. The highest BCUT2D eigenvalue weighted by Crippen LogP contribution is 2.40. The lowest BCUT2D eigenvalue weighted by Crippen LogP contribution is -2.00. The van der Waals surface area contributed by atoms with Crippen LogP contribution in [0.15, 0.2) is 185 Å². The maximum Gasteiger partial charge on any atom is 0.164 e. The maximum atomic E-state index is 8.75. The monoisotopic (exact) mass is 696 g/mol. The summed E-state index contributed by atoms with van der Waals surface area (Å²) >= 11 is 0. The molecule has 0 aliphatic heterocycles. The molecular weight excluding hydrogens is 663 g/mol. The second-order valence-corrected chi connectivity index (χ2v) is 13.2. The van der Waals surface area contributed by atoms with Crippen molar-refractivity contribution in [1.82, 2.24) is 15.0 Å². The fourth-order valence-electron chi connectivity index (χ4n) is 7.43. The van der Waals surface area contributed by atoms with Crippen LogP contribution in [0.1, 0.15) is 6.85 Å². The Labute approximate surface area is 316 Å². The Morgan fingerprint density at radius 2 is 1.04 bits per heavy atom. The normalized spacial score (nSPS) is 13.0. The first-order valence-corrected chi connectivity index (χ1v) is 17.6. The van der Waals surface area contributed by atoms with E-state index in [-0.39, 0.29) is 17.6 Å². The van der Waals surface area contributed by atoms with Crippen LogP contribution in [0.5, 0.6) is 0 Å². The molecule has 11 rings (SSSR count). The van der Waals surface area contributed by atoms with Crippen LogP contribution in [-0.2, 0) is 0 Å². The minimum Gasteiger partial charge on any atom is -0.456 e. The molecular formula is C49H29N3O2. The zero-order chi connectivity index (χ0) is 39.9. The smallest absolute Gasteiger partial charge is 0.164 e. The van der Waals surface area contributed by atoms with Gasteiger partial charge >= 0.3 is 0 Å². The van der Waals surface area contributed by atoms with Crippen LogP contribution in [-0.4, -0.2) is 15.0 Å². The summed E-state index contributed by atoms with van der Waals surface area (Å²) in [4.78, 5) is 15.3. The molecule has 0 N–H and O–H groups in total. The van der Waals surface area contributed by atoms with Crippen molar-refractivity contribution in [2.45, 2.75) is 0 Å². The molecule has 5 nitrogen and oxygen atoms in total. The van der Waals surface area contributed by atoms with Gasteiger partial charge in [0.25, 0.3) is 0 Å². The van der Waals surface area contributed by atoms with E-state index in [1.165, 1.54) is 0 Å². The lowest BCUT2D eigenvalue weighted by atomic mass is 9.99. The van der Waals surface area contributed by atoms with Crippen molar-refractivity contribution in [2.24, 2.45) is 0 Å². The number of rotatable bonds is 5. The van der Waals surface area contributed by atoms with Gasteiger partial charge in [0.1, 0.15) is 22.3 Å². The summed E-state index contributed by atoms with van der Waals surface area (Å²) < 4.78 is 55.1. The average Bonchev–Trinajstić information content (AvgIpc) is 3.86. The number of furan rings is 2. The zero-order valence-corrected chi connectivity index (χ0v) is 28.5. The molecule has 5 heteroatoms. The van der Waals surface area contributed by atoms with E-state index in [1.54, 1.807) is 12.1 Å². The molecule has 0 fully saturated rings. The lowest BCUT2D eigenvalue weighted by Gasteiger charge is -2.10. The summed E-state index contributed by atoms with van der Waals surface area (Å²) in [5, 5.41) is 5.40. The minimum absolute atomic E-state index is 0.105. The number of nitrogens with zero attached hydrogens (tertiary/aromatic N) is 3. The third-order valence-corrected chi connectivity index (χ3v) is 10.0. The lowest BCUT2D eigenvalue weighted by molar-refractivity contribution is 0.669. The van der Waals surface area contributed by atoms with Crippen LogP contribution in [0.3, 0.4) is 0 Å². The summed E-state index contributed by atoms with van der Waals surface area (Å²) in [5.41, 5.74) is 7.63. The van der Waals surface area contributed by atoms with Gasteiger partial charge in [-0.25, -0.2) is 15.0 Å². The van der Waals surface area contributed by atoms with E-state index in [2.05, 4.69) is 54.6 Å². The Morgan fingerprint density at radius 1 is 0.389 bits per heavy atom. The van der Waals surface area contributed by atoms with Crippen molar-refractivity contribution in [3.8, 4) is 56.4 Å². The van der Waals surface area contributed by atoms with Gasteiger partial charge in [-0.3, -0.25) is 0 Å². The van der Waals surface area contributed by atoms with Crippen molar-refractivity contribution in [2.75, 3.05) is 0 Å². The average molecular weight is 697 g/mol. The number of aromatic nitrogens is 3. The molecule has 252 valence electrons. The molecule has 0 aliphatic carbocycles.